The van der Waals surface area contributed by atoms with Gasteiger partial charge >= 0.3 is 0 Å². The predicted molar refractivity (Wildman–Crippen MR) is 115 cm³/mol. The van der Waals surface area contributed by atoms with E-state index in [4.69, 9.17) is 34.7 Å². The van der Waals surface area contributed by atoms with Crippen molar-refractivity contribution in [2.45, 2.75) is 13.3 Å². The zero-order valence-corrected chi connectivity index (χ0v) is 17.2. The van der Waals surface area contributed by atoms with Gasteiger partial charge in [-0.3, -0.25) is 4.79 Å². The molecule has 2 aromatic rings. The molecule has 9 heteroatoms. The number of amidine groups is 2. The van der Waals surface area contributed by atoms with E-state index in [2.05, 4.69) is 9.98 Å². The lowest BCUT2D eigenvalue weighted by Crippen LogP contribution is -2.30. The number of phenolic OH excluding ortho intramolecular Hbond substituents is 1. The number of rotatable bonds is 4. The van der Waals surface area contributed by atoms with Gasteiger partial charge < -0.3 is 21.5 Å². The highest BCUT2D eigenvalue weighted by Crippen LogP contribution is 2.34. The summed E-state index contributed by atoms with van der Waals surface area (Å²) in [4.78, 5) is 22.1. The first kappa shape index (κ1) is 21.5. The van der Waals surface area contributed by atoms with Gasteiger partial charge in [-0.1, -0.05) is 42.3 Å². The Kier molecular flexibility index (Phi) is 6.88. The smallest absolute Gasteiger partial charge is 0.257 e. The van der Waals surface area contributed by atoms with Gasteiger partial charge in [-0.25, -0.2) is 9.98 Å². The first-order chi connectivity index (χ1) is 13.2. The summed E-state index contributed by atoms with van der Waals surface area (Å²) in [6.45, 7) is 1.89. The monoisotopic (exact) mass is 421 g/mol. The van der Waals surface area contributed by atoms with E-state index in [1.54, 1.807) is 44.4 Å². The van der Waals surface area contributed by atoms with Crippen molar-refractivity contribution >= 4 is 52.2 Å². The van der Waals surface area contributed by atoms with E-state index in [9.17, 15) is 9.90 Å². The lowest BCUT2D eigenvalue weighted by Gasteiger charge is -2.16. The van der Waals surface area contributed by atoms with Crippen LogP contribution in [0.15, 0.2) is 40.3 Å². The Morgan fingerprint density at radius 3 is 2.25 bits per heavy atom. The van der Waals surface area contributed by atoms with Crippen LogP contribution in [0, 0.1) is 0 Å². The van der Waals surface area contributed by atoms with Crippen LogP contribution in [0.1, 0.15) is 22.8 Å². The second-order valence-corrected chi connectivity index (χ2v) is 6.87. The summed E-state index contributed by atoms with van der Waals surface area (Å²) in [6.07, 6.45) is 0.568. The molecule has 0 radical (unpaired) electrons. The summed E-state index contributed by atoms with van der Waals surface area (Å²) in [5.74, 6) is -0.852. The Balaban J connectivity index is 2.49. The van der Waals surface area contributed by atoms with Crippen LogP contribution < -0.4 is 11.5 Å². The van der Waals surface area contributed by atoms with Gasteiger partial charge in [0, 0.05) is 14.1 Å². The summed E-state index contributed by atoms with van der Waals surface area (Å²) in [5, 5.41) is 11.1. The summed E-state index contributed by atoms with van der Waals surface area (Å²) in [7, 11) is 3.20. The first-order valence-corrected chi connectivity index (χ1v) is 9.12. The maximum absolute atomic E-state index is 12.4. The summed E-state index contributed by atoms with van der Waals surface area (Å²) < 4.78 is 0. The third-order valence-corrected chi connectivity index (χ3v) is 4.73. The third kappa shape index (κ3) is 4.55. The molecule has 1 amide bonds. The van der Waals surface area contributed by atoms with E-state index < -0.39 is 0 Å². The first-order valence-electron chi connectivity index (χ1n) is 8.36. The van der Waals surface area contributed by atoms with E-state index in [1.807, 2.05) is 6.92 Å². The van der Waals surface area contributed by atoms with Crippen LogP contribution in [0.3, 0.4) is 0 Å². The van der Waals surface area contributed by atoms with Crippen molar-refractivity contribution in [3.05, 3.63) is 51.5 Å². The molecule has 148 valence electrons. The Bertz CT molecular complexity index is 971. The largest absolute Gasteiger partial charge is 0.505 e. The molecule has 0 aliphatic heterocycles. The van der Waals surface area contributed by atoms with Crippen LogP contribution in [-0.4, -0.2) is 41.7 Å². The quantitative estimate of drug-likeness (QED) is 0.515. The number of phenols is 1. The molecule has 0 fully saturated rings. The minimum absolute atomic E-state index is 0.107. The molecule has 0 bridgehead atoms. The normalized spacial score (nSPS) is 12.2. The summed E-state index contributed by atoms with van der Waals surface area (Å²) >= 11 is 12.0. The maximum Gasteiger partial charge on any atom is 0.257 e. The number of aliphatic imine (C=N–C) groups is 2. The van der Waals surface area contributed by atoms with Gasteiger partial charge in [0.05, 0.1) is 21.3 Å². The number of benzene rings is 2. The zero-order valence-electron chi connectivity index (χ0n) is 15.7. The molecule has 0 aromatic heterocycles. The highest BCUT2D eigenvalue weighted by Gasteiger charge is 2.20. The second-order valence-electron chi connectivity index (χ2n) is 6.09. The number of hydrogen-bond donors (Lipinski definition) is 3. The Labute approximate surface area is 173 Å². The number of halogens is 2. The van der Waals surface area contributed by atoms with Crippen molar-refractivity contribution in [3.63, 3.8) is 0 Å². The number of amides is 1. The van der Waals surface area contributed by atoms with E-state index in [-0.39, 0.29) is 39.6 Å². The summed E-state index contributed by atoms with van der Waals surface area (Å²) in [6, 6.07) is 8.18. The van der Waals surface area contributed by atoms with Crippen LogP contribution in [0.2, 0.25) is 10.0 Å². The Morgan fingerprint density at radius 1 is 1.07 bits per heavy atom. The molecule has 0 aliphatic carbocycles. The van der Waals surface area contributed by atoms with Crippen LogP contribution >= 0.6 is 23.2 Å². The number of carbonyl (C=O) groups excluding carboxylic acids is 1. The van der Waals surface area contributed by atoms with Gasteiger partial charge in [0.1, 0.15) is 5.69 Å². The van der Waals surface area contributed by atoms with Crippen LogP contribution in [0.5, 0.6) is 5.75 Å². The van der Waals surface area contributed by atoms with E-state index >= 15 is 0 Å². The third-order valence-electron chi connectivity index (χ3n) is 3.92. The van der Waals surface area contributed by atoms with Gasteiger partial charge in [0.25, 0.3) is 5.91 Å². The maximum atomic E-state index is 12.4. The lowest BCUT2D eigenvalue weighted by atomic mass is 10.0. The molecular formula is C19H21Cl2N5O2. The van der Waals surface area contributed by atoms with Crippen LogP contribution in [-0.2, 0) is 6.42 Å². The minimum Gasteiger partial charge on any atom is -0.505 e. The molecule has 7 nitrogen and oxygen atoms in total. The number of carbonyl (C=O) groups is 1. The van der Waals surface area contributed by atoms with E-state index in [1.165, 1.54) is 4.90 Å². The van der Waals surface area contributed by atoms with E-state index in [0.717, 1.165) is 0 Å². The number of hydrogen-bond acceptors (Lipinski definition) is 4. The topological polar surface area (TPSA) is 117 Å². The molecule has 2 rings (SSSR count). The van der Waals surface area contributed by atoms with Crippen molar-refractivity contribution in [1.82, 2.24) is 4.90 Å². The number of aryl methyl sites for hydroxylation is 1. The van der Waals surface area contributed by atoms with Gasteiger partial charge in [-0.2, -0.15) is 0 Å². The fourth-order valence-corrected chi connectivity index (χ4v) is 2.76. The standard InChI is InChI=1S/C19H21Cl2N5O2/c1-4-10-8-9-13(16(27)14(10)19(28)26(2)3)25-18(23)17(22)24-12-7-5-6-11(20)15(12)21/h5-9,27H,4H2,1-3H3,(H2,22,24)(H2,23,25). The molecule has 28 heavy (non-hydrogen) atoms. The molecule has 0 spiro atoms. The molecule has 0 saturated heterocycles. The number of nitrogens with zero attached hydrogens (tertiary/aromatic N) is 3. The average Bonchev–Trinajstić information content (AvgIpc) is 2.66. The molecule has 0 unspecified atom stereocenters. The van der Waals surface area contributed by atoms with Gasteiger partial charge in [0.2, 0.25) is 0 Å². The van der Waals surface area contributed by atoms with Crippen LogP contribution in [0.25, 0.3) is 0 Å². The fraction of sp³-hybridized carbons (Fsp3) is 0.211. The van der Waals surface area contributed by atoms with Gasteiger partial charge in [-0.05, 0) is 30.2 Å². The fourth-order valence-electron chi connectivity index (χ4n) is 2.42. The SMILES string of the molecule is CCc1ccc(N=C(N)C(N)=Nc2cccc(Cl)c2Cl)c(O)c1C(=O)N(C)C. The highest BCUT2D eigenvalue weighted by molar-refractivity contribution is 6.44. The molecule has 5 N–H and O–H groups in total. The molecule has 0 saturated carbocycles. The predicted octanol–water partition coefficient (Wildman–Crippen LogP) is 3.64. The van der Waals surface area contributed by atoms with Gasteiger partial charge in [-0.15, -0.1) is 0 Å². The summed E-state index contributed by atoms with van der Waals surface area (Å²) in [5.41, 5.74) is 13.1. The molecular weight excluding hydrogens is 401 g/mol. The molecule has 0 aliphatic rings. The Hall–Kier alpha value is -2.77. The minimum atomic E-state index is -0.336. The number of aromatic hydroxyl groups is 1. The van der Waals surface area contributed by atoms with Crippen molar-refractivity contribution in [2.75, 3.05) is 14.1 Å². The average molecular weight is 422 g/mol. The highest BCUT2D eigenvalue weighted by atomic mass is 35.5. The Morgan fingerprint density at radius 2 is 1.68 bits per heavy atom. The van der Waals surface area contributed by atoms with Crippen molar-refractivity contribution in [2.24, 2.45) is 21.5 Å². The lowest BCUT2D eigenvalue weighted by molar-refractivity contribution is 0.0823. The molecule has 0 atom stereocenters. The zero-order chi connectivity index (χ0) is 21.0. The molecule has 2 aromatic carbocycles. The van der Waals surface area contributed by atoms with Crippen LogP contribution in [0.4, 0.5) is 11.4 Å². The van der Waals surface area contributed by atoms with Gasteiger partial charge in [0.15, 0.2) is 17.4 Å². The van der Waals surface area contributed by atoms with Crippen molar-refractivity contribution in [1.29, 1.82) is 0 Å². The number of nitrogens with two attached hydrogens (primary N) is 2. The van der Waals surface area contributed by atoms with Crippen molar-refractivity contribution < 1.29 is 9.90 Å². The van der Waals surface area contributed by atoms with E-state index in [0.29, 0.717) is 22.7 Å². The second kappa shape index (κ2) is 8.95. The molecule has 0 heterocycles. The van der Waals surface area contributed by atoms with Crippen molar-refractivity contribution in [3.8, 4) is 5.75 Å².